The number of hydrogen-bond donors (Lipinski definition) is 4. The Hall–Kier alpha value is -4.34. The second-order valence-electron chi connectivity index (χ2n) is 7.61. The molecule has 0 aliphatic carbocycles. The number of H-pyrrole nitrogens is 1. The number of aromatic amines is 1. The maximum Gasteiger partial charge on any atom is 0.490 e. The largest absolute Gasteiger partial charge is 0.490 e. The molecule has 0 fully saturated rings. The molecule has 2 aromatic carbocycles. The molecule has 182 valence electrons. The van der Waals surface area contributed by atoms with E-state index < -0.39 is 12.1 Å². The van der Waals surface area contributed by atoms with E-state index in [1.54, 1.807) is 12.4 Å². The number of nitrogens with one attached hydrogen (secondary N) is 3. The molecule has 0 radical (unpaired) electrons. The lowest BCUT2D eigenvalue weighted by Gasteiger charge is -2.12. The van der Waals surface area contributed by atoms with E-state index in [2.05, 4.69) is 26.7 Å². The van der Waals surface area contributed by atoms with Gasteiger partial charge in [0.2, 0.25) is 5.91 Å². The standard InChI is InChI=1S/C23H22N4O.C2HF3O2/c1-16-13-18(9-10-21(16)26-19-5-4-12-24-15-19)27-23(28)11-8-17-14-25-22-7-3-2-6-20(17)22;3-2(4,5)1(6)7/h2-7,9-10,12-15,25-26H,8,11H2,1H3,(H,27,28);(H,6,7). The van der Waals surface area contributed by atoms with E-state index in [9.17, 15) is 18.0 Å². The molecule has 0 aliphatic heterocycles. The number of benzene rings is 2. The summed E-state index contributed by atoms with van der Waals surface area (Å²) in [6.45, 7) is 2.01. The van der Waals surface area contributed by atoms with E-state index in [1.165, 1.54) is 5.39 Å². The van der Waals surface area contributed by atoms with Crippen LogP contribution in [0.1, 0.15) is 17.5 Å². The number of amides is 1. The number of para-hydroxylation sites is 1. The molecule has 2 aromatic heterocycles. The van der Waals surface area contributed by atoms with Gasteiger partial charge in [0.1, 0.15) is 0 Å². The Kier molecular flexibility index (Phi) is 8.08. The summed E-state index contributed by atoms with van der Waals surface area (Å²) in [5.41, 5.74) is 6.05. The normalized spacial score (nSPS) is 10.9. The first-order chi connectivity index (χ1) is 16.6. The van der Waals surface area contributed by atoms with Crippen molar-refractivity contribution in [3.05, 3.63) is 84.3 Å². The Balaban J connectivity index is 0.000000429. The van der Waals surface area contributed by atoms with Gasteiger partial charge in [-0.15, -0.1) is 0 Å². The molecule has 4 aromatic rings. The van der Waals surface area contributed by atoms with Crippen LogP contribution in [0.4, 0.5) is 30.2 Å². The summed E-state index contributed by atoms with van der Waals surface area (Å²) < 4.78 is 31.7. The molecule has 4 rings (SSSR count). The van der Waals surface area contributed by atoms with Gasteiger partial charge in [-0.2, -0.15) is 13.2 Å². The fraction of sp³-hybridized carbons (Fsp3) is 0.160. The van der Waals surface area contributed by atoms with E-state index in [4.69, 9.17) is 9.90 Å². The highest BCUT2D eigenvalue weighted by atomic mass is 19.4. The van der Waals surface area contributed by atoms with Crippen molar-refractivity contribution in [2.45, 2.75) is 25.9 Å². The number of aromatic nitrogens is 2. The zero-order valence-corrected chi connectivity index (χ0v) is 18.7. The summed E-state index contributed by atoms with van der Waals surface area (Å²) in [6, 6.07) is 17.9. The van der Waals surface area contributed by atoms with Gasteiger partial charge in [-0.3, -0.25) is 9.78 Å². The number of alkyl halides is 3. The Labute approximate surface area is 199 Å². The summed E-state index contributed by atoms with van der Waals surface area (Å²) in [4.78, 5) is 28.6. The van der Waals surface area contributed by atoms with Crippen LogP contribution in [0, 0.1) is 6.92 Å². The van der Waals surface area contributed by atoms with E-state index in [-0.39, 0.29) is 5.91 Å². The fourth-order valence-electron chi connectivity index (χ4n) is 3.28. The smallest absolute Gasteiger partial charge is 0.475 e. The molecule has 35 heavy (non-hydrogen) atoms. The van der Waals surface area contributed by atoms with Crippen LogP contribution < -0.4 is 10.6 Å². The number of fused-ring (bicyclic) bond motifs is 1. The van der Waals surface area contributed by atoms with Crippen LogP contribution in [0.25, 0.3) is 10.9 Å². The summed E-state index contributed by atoms with van der Waals surface area (Å²) in [5, 5.41) is 14.6. The van der Waals surface area contributed by atoms with Crippen LogP contribution in [0.2, 0.25) is 0 Å². The van der Waals surface area contributed by atoms with Crippen LogP contribution in [-0.4, -0.2) is 33.1 Å². The van der Waals surface area contributed by atoms with Gasteiger partial charge in [0, 0.05) is 41.1 Å². The number of carboxylic acid groups (broad SMARTS) is 1. The van der Waals surface area contributed by atoms with Gasteiger partial charge in [0.25, 0.3) is 0 Å². The summed E-state index contributed by atoms with van der Waals surface area (Å²) in [7, 11) is 0. The monoisotopic (exact) mass is 484 g/mol. The Morgan fingerprint density at radius 3 is 2.46 bits per heavy atom. The van der Waals surface area contributed by atoms with E-state index >= 15 is 0 Å². The van der Waals surface area contributed by atoms with Crippen molar-refractivity contribution < 1.29 is 27.9 Å². The molecular formula is C25H23F3N4O3. The summed E-state index contributed by atoms with van der Waals surface area (Å²) in [5.74, 6) is -2.75. The van der Waals surface area contributed by atoms with Crippen molar-refractivity contribution in [3.8, 4) is 0 Å². The van der Waals surface area contributed by atoms with Crippen LogP contribution in [-0.2, 0) is 16.0 Å². The maximum atomic E-state index is 12.4. The molecule has 10 heteroatoms. The zero-order chi connectivity index (χ0) is 25.4. The number of nitrogens with zero attached hydrogens (tertiary/aromatic N) is 1. The zero-order valence-electron chi connectivity index (χ0n) is 18.7. The molecular weight excluding hydrogens is 461 g/mol. The minimum absolute atomic E-state index is 0.0117. The third kappa shape index (κ3) is 7.32. The molecule has 2 heterocycles. The lowest BCUT2D eigenvalue weighted by molar-refractivity contribution is -0.192. The molecule has 1 amide bonds. The van der Waals surface area contributed by atoms with Crippen molar-refractivity contribution in [2.24, 2.45) is 0 Å². The Bertz CT molecular complexity index is 1300. The molecule has 0 aliphatic rings. The SMILES string of the molecule is Cc1cc(NC(=O)CCc2c[nH]c3ccccc23)ccc1Nc1cccnc1.O=C(O)C(F)(F)F. The number of halogens is 3. The average molecular weight is 484 g/mol. The van der Waals surface area contributed by atoms with Crippen LogP contribution in [0.3, 0.4) is 0 Å². The van der Waals surface area contributed by atoms with Crippen molar-refractivity contribution in [1.29, 1.82) is 0 Å². The number of carboxylic acids is 1. The van der Waals surface area contributed by atoms with Gasteiger partial charge in [0.15, 0.2) is 0 Å². The third-order valence-electron chi connectivity index (χ3n) is 4.99. The highest BCUT2D eigenvalue weighted by Crippen LogP contribution is 2.24. The van der Waals surface area contributed by atoms with Crippen LogP contribution >= 0.6 is 0 Å². The van der Waals surface area contributed by atoms with Gasteiger partial charge in [-0.1, -0.05) is 18.2 Å². The van der Waals surface area contributed by atoms with Crippen LogP contribution in [0.15, 0.2) is 73.2 Å². The lowest BCUT2D eigenvalue weighted by atomic mass is 10.1. The molecule has 0 atom stereocenters. The van der Waals surface area contributed by atoms with Crippen molar-refractivity contribution >= 4 is 39.8 Å². The molecule has 4 N–H and O–H groups in total. The molecule has 0 spiro atoms. The van der Waals surface area contributed by atoms with Gasteiger partial charge in [-0.25, -0.2) is 4.79 Å². The van der Waals surface area contributed by atoms with Crippen LogP contribution in [0.5, 0.6) is 0 Å². The number of carbonyl (C=O) groups excluding carboxylic acids is 1. The summed E-state index contributed by atoms with van der Waals surface area (Å²) >= 11 is 0. The number of aliphatic carboxylic acids is 1. The van der Waals surface area contributed by atoms with Gasteiger partial charge in [0.05, 0.1) is 11.9 Å². The second kappa shape index (κ2) is 11.2. The highest BCUT2D eigenvalue weighted by Gasteiger charge is 2.38. The topological polar surface area (TPSA) is 107 Å². The number of anilines is 3. The van der Waals surface area contributed by atoms with Gasteiger partial charge >= 0.3 is 12.1 Å². The first-order valence-corrected chi connectivity index (χ1v) is 10.6. The van der Waals surface area contributed by atoms with E-state index in [0.717, 1.165) is 33.7 Å². The van der Waals surface area contributed by atoms with Crippen molar-refractivity contribution in [1.82, 2.24) is 9.97 Å². The predicted octanol–water partition coefficient (Wildman–Crippen LogP) is 5.82. The number of rotatable bonds is 6. The minimum Gasteiger partial charge on any atom is -0.475 e. The number of carbonyl (C=O) groups is 2. The molecule has 0 saturated heterocycles. The maximum absolute atomic E-state index is 12.4. The number of pyridine rings is 1. The Morgan fingerprint density at radius 2 is 1.80 bits per heavy atom. The van der Waals surface area contributed by atoms with E-state index in [1.807, 2.05) is 61.7 Å². The Morgan fingerprint density at radius 1 is 1.06 bits per heavy atom. The molecule has 7 nitrogen and oxygen atoms in total. The van der Waals surface area contributed by atoms with Crippen molar-refractivity contribution in [2.75, 3.05) is 10.6 Å². The first-order valence-electron chi connectivity index (χ1n) is 10.6. The predicted molar refractivity (Wildman–Crippen MR) is 128 cm³/mol. The minimum atomic E-state index is -5.08. The van der Waals surface area contributed by atoms with Crippen molar-refractivity contribution in [3.63, 3.8) is 0 Å². The average Bonchev–Trinajstić information content (AvgIpc) is 3.23. The molecule has 0 bridgehead atoms. The third-order valence-corrected chi connectivity index (χ3v) is 4.99. The fourth-order valence-corrected chi connectivity index (χ4v) is 3.28. The molecule has 0 unspecified atom stereocenters. The van der Waals surface area contributed by atoms with Gasteiger partial charge < -0.3 is 20.7 Å². The highest BCUT2D eigenvalue weighted by molar-refractivity contribution is 5.92. The number of aryl methyl sites for hydroxylation is 2. The van der Waals surface area contributed by atoms with E-state index in [0.29, 0.717) is 12.8 Å². The summed E-state index contributed by atoms with van der Waals surface area (Å²) in [6.07, 6.45) is 1.57. The quantitative estimate of drug-likeness (QED) is 0.276. The molecule has 0 saturated carbocycles. The second-order valence-corrected chi connectivity index (χ2v) is 7.61. The lowest BCUT2D eigenvalue weighted by Crippen LogP contribution is -2.21. The number of hydrogen-bond acceptors (Lipinski definition) is 4. The van der Waals surface area contributed by atoms with Gasteiger partial charge in [-0.05, 0) is 60.9 Å². The first kappa shape index (κ1) is 25.3.